The Morgan fingerprint density at radius 2 is 1.91 bits per heavy atom. The van der Waals surface area contributed by atoms with Crippen LogP contribution in [0.4, 0.5) is 11.6 Å². The number of hydrogen-bond donors (Lipinski definition) is 1. The van der Waals surface area contributed by atoms with Crippen LogP contribution in [0.1, 0.15) is 5.56 Å². The number of aromatic nitrogens is 5. The molecule has 10 heteroatoms. The molecule has 0 fully saturated rings. The number of likely N-dealkylation sites (N-methyl/N-ethyl adjacent to an activating group) is 1. The molecular formula is C22H26ClN7O2. The van der Waals surface area contributed by atoms with Crippen molar-refractivity contribution < 1.29 is 9.47 Å². The standard InChI is InChI=1S/C22H25N7O2.ClH/c1-15-11-17(30-10-9-28(2)3)13-23-22(15)31-16-5-6-19-18(12-16)21(25-14-24-19)26-20-7-8-29(4)27-20;/h5-8,11-14H,9-10H2,1-4H3,(H,24,25,26,27);1H. The monoisotopic (exact) mass is 455 g/mol. The highest BCUT2D eigenvalue weighted by molar-refractivity contribution is 5.91. The number of nitrogens with zero attached hydrogens (tertiary/aromatic N) is 6. The molecule has 0 aliphatic rings. The number of pyridine rings is 1. The Morgan fingerprint density at radius 1 is 1.06 bits per heavy atom. The Hall–Kier alpha value is -3.43. The van der Waals surface area contributed by atoms with Crippen molar-refractivity contribution in [3.05, 3.63) is 54.6 Å². The van der Waals surface area contributed by atoms with Crippen LogP contribution >= 0.6 is 12.4 Å². The highest BCUT2D eigenvalue weighted by Crippen LogP contribution is 2.30. The summed E-state index contributed by atoms with van der Waals surface area (Å²) < 4.78 is 13.5. The first-order chi connectivity index (χ1) is 15.0. The molecule has 0 amide bonds. The summed E-state index contributed by atoms with van der Waals surface area (Å²) in [4.78, 5) is 15.2. The molecular weight excluding hydrogens is 430 g/mol. The molecule has 0 spiro atoms. The maximum Gasteiger partial charge on any atom is 0.222 e. The fourth-order valence-electron chi connectivity index (χ4n) is 2.98. The first-order valence-corrected chi connectivity index (χ1v) is 9.91. The zero-order valence-electron chi connectivity index (χ0n) is 18.4. The molecule has 0 bridgehead atoms. The van der Waals surface area contributed by atoms with E-state index in [0.717, 1.165) is 28.8 Å². The molecule has 0 saturated heterocycles. The smallest absolute Gasteiger partial charge is 0.222 e. The molecule has 1 aromatic carbocycles. The predicted octanol–water partition coefficient (Wildman–Crippen LogP) is 3.96. The van der Waals surface area contributed by atoms with Gasteiger partial charge in [-0.05, 0) is 45.3 Å². The van der Waals surface area contributed by atoms with Gasteiger partial charge >= 0.3 is 0 Å². The van der Waals surface area contributed by atoms with Crippen LogP contribution in [0.25, 0.3) is 10.9 Å². The van der Waals surface area contributed by atoms with E-state index in [4.69, 9.17) is 9.47 Å². The summed E-state index contributed by atoms with van der Waals surface area (Å²) in [6.45, 7) is 3.38. The van der Waals surface area contributed by atoms with Crippen LogP contribution in [0.15, 0.2) is 49.1 Å². The van der Waals surface area contributed by atoms with E-state index in [9.17, 15) is 0 Å². The maximum absolute atomic E-state index is 6.05. The molecule has 32 heavy (non-hydrogen) atoms. The van der Waals surface area contributed by atoms with Crippen molar-refractivity contribution in [2.45, 2.75) is 6.92 Å². The van der Waals surface area contributed by atoms with Crippen molar-refractivity contribution in [1.82, 2.24) is 29.6 Å². The molecule has 9 nitrogen and oxygen atoms in total. The van der Waals surface area contributed by atoms with Crippen LogP contribution in [0.2, 0.25) is 0 Å². The van der Waals surface area contributed by atoms with E-state index in [0.29, 0.717) is 29.9 Å². The van der Waals surface area contributed by atoms with Crippen molar-refractivity contribution >= 4 is 34.9 Å². The van der Waals surface area contributed by atoms with Gasteiger partial charge in [0.05, 0.1) is 11.7 Å². The Balaban J connectivity index is 0.00000289. The minimum atomic E-state index is 0. The number of hydrogen-bond acceptors (Lipinski definition) is 8. The van der Waals surface area contributed by atoms with Gasteiger partial charge in [-0.25, -0.2) is 15.0 Å². The number of nitrogens with one attached hydrogen (secondary N) is 1. The van der Waals surface area contributed by atoms with Crippen LogP contribution in [0.3, 0.4) is 0 Å². The molecule has 4 aromatic rings. The van der Waals surface area contributed by atoms with Gasteiger partial charge in [-0.15, -0.1) is 12.4 Å². The van der Waals surface area contributed by atoms with Crippen molar-refractivity contribution in [2.75, 3.05) is 32.6 Å². The fraction of sp³-hybridized carbons (Fsp3) is 0.273. The number of halogens is 1. The van der Waals surface area contributed by atoms with Crippen molar-refractivity contribution in [1.29, 1.82) is 0 Å². The van der Waals surface area contributed by atoms with Gasteiger partial charge in [0.25, 0.3) is 0 Å². The Kier molecular flexibility index (Phi) is 7.45. The third-order valence-corrected chi connectivity index (χ3v) is 4.59. The van der Waals surface area contributed by atoms with Crippen LogP contribution < -0.4 is 14.8 Å². The second kappa shape index (κ2) is 10.3. The number of benzene rings is 1. The van der Waals surface area contributed by atoms with Gasteiger partial charge < -0.3 is 19.7 Å². The first-order valence-electron chi connectivity index (χ1n) is 9.91. The summed E-state index contributed by atoms with van der Waals surface area (Å²) in [7, 11) is 5.88. The largest absolute Gasteiger partial charge is 0.491 e. The van der Waals surface area contributed by atoms with E-state index in [1.165, 1.54) is 6.33 Å². The van der Waals surface area contributed by atoms with Crippen molar-refractivity contribution in [3.63, 3.8) is 0 Å². The van der Waals surface area contributed by atoms with Gasteiger partial charge in [0.1, 0.15) is 30.3 Å². The van der Waals surface area contributed by atoms with E-state index in [2.05, 4.69) is 30.3 Å². The summed E-state index contributed by atoms with van der Waals surface area (Å²) >= 11 is 0. The lowest BCUT2D eigenvalue weighted by molar-refractivity contribution is 0.260. The molecule has 0 radical (unpaired) electrons. The predicted molar refractivity (Wildman–Crippen MR) is 126 cm³/mol. The van der Waals surface area contributed by atoms with Gasteiger partial charge in [0.2, 0.25) is 5.88 Å². The molecule has 4 rings (SSSR count). The first kappa shape index (κ1) is 23.2. The average Bonchev–Trinajstić information content (AvgIpc) is 3.15. The molecule has 1 N–H and O–H groups in total. The second-order valence-electron chi connectivity index (χ2n) is 7.45. The number of anilines is 2. The lowest BCUT2D eigenvalue weighted by atomic mass is 10.2. The van der Waals surface area contributed by atoms with Gasteiger partial charge in [0, 0.05) is 36.8 Å². The van der Waals surface area contributed by atoms with E-state index in [1.54, 1.807) is 10.9 Å². The fourth-order valence-corrected chi connectivity index (χ4v) is 2.98. The Bertz CT molecular complexity index is 1200. The summed E-state index contributed by atoms with van der Waals surface area (Å²) in [6, 6.07) is 9.45. The molecule has 0 aliphatic heterocycles. The third kappa shape index (κ3) is 5.63. The number of ether oxygens (including phenoxy) is 2. The van der Waals surface area contributed by atoms with Crippen LogP contribution in [-0.2, 0) is 7.05 Å². The lowest BCUT2D eigenvalue weighted by Crippen LogP contribution is -2.19. The van der Waals surface area contributed by atoms with Gasteiger partial charge in [-0.3, -0.25) is 4.68 Å². The van der Waals surface area contributed by atoms with E-state index in [-0.39, 0.29) is 12.4 Å². The van der Waals surface area contributed by atoms with E-state index < -0.39 is 0 Å². The molecule has 3 heterocycles. The van der Waals surface area contributed by atoms with E-state index in [1.807, 2.05) is 64.6 Å². The second-order valence-corrected chi connectivity index (χ2v) is 7.45. The van der Waals surface area contributed by atoms with Gasteiger partial charge in [-0.2, -0.15) is 5.10 Å². The highest BCUT2D eigenvalue weighted by atomic mass is 35.5. The summed E-state index contributed by atoms with van der Waals surface area (Å²) in [5.74, 6) is 3.25. The highest BCUT2D eigenvalue weighted by Gasteiger charge is 2.10. The van der Waals surface area contributed by atoms with Crippen LogP contribution in [0, 0.1) is 6.92 Å². The Morgan fingerprint density at radius 3 is 2.62 bits per heavy atom. The quantitative estimate of drug-likeness (QED) is 0.427. The number of aryl methyl sites for hydroxylation is 2. The van der Waals surface area contributed by atoms with E-state index >= 15 is 0 Å². The number of fused-ring (bicyclic) bond motifs is 1. The minimum absolute atomic E-state index is 0. The van der Waals surface area contributed by atoms with Crippen molar-refractivity contribution in [2.24, 2.45) is 7.05 Å². The molecule has 0 atom stereocenters. The zero-order chi connectivity index (χ0) is 21.8. The average molecular weight is 456 g/mol. The van der Waals surface area contributed by atoms with Crippen LogP contribution in [-0.4, -0.2) is 56.9 Å². The van der Waals surface area contributed by atoms with Crippen LogP contribution in [0.5, 0.6) is 17.4 Å². The molecule has 0 saturated carbocycles. The van der Waals surface area contributed by atoms with Gasteiger partial charge in [-0.1, -0.05) is 0 Å². The molecule has 0 aliphatic carbocycles. The summed E-state index contributed by atoms with van der Waals surface area (Å²) in [5.41, 5.74) is 1.69. The molecule has 168 valence electrons. The maximum atomic E-state index is 6.05. The van der Waals surface area contributed by atoms with Gasteiger partial charge in [0.15, 0.2) is 5.82 Å². The minimum Gasteiger partial charge on any atom is -0.491 e. The topological polar surface area (TPSA) is 90.2 Å². The summed E-state index contributed by atoms with van der Waals surface area (Å²) in [5, 5.41) is 8.40. The Labute approximate surface area is 192 Å². The molecule has 0 unspecified atom stereocenters. The van der Waals surface area contributed by atoms with Crippen molar-refractivity contribution in [3.8, 4) is 17.4 Å². The zero-order valence-corrected chi connectivity index (χ0v) is 19.3. The molecule has 3 aromatic heterocycles. The SMILES string of the molecule is Cc1cc(OCCN(C)C)cnc1Oc1ccc2ncnc(Nc3ccn(C)n3)c2c1.Cl. The summed E-state index contributed by atoms with van der Waals surface area (Å²) in [6.07, 6.45) is 5.06. The number of rotatable bonds is 8. The lowest BCUT2D eigenvalue weighted by Gasteiger charge is -2.13. The normalized spacial score (nSPS) is 10.8. The third-order valence-electron chi connectivity index (χ3n) is 4.59.